The van der Waals surface area contributed by atoms with Crippen molar-refractivity contribution >= 4 is 0 Å². The number of likely N-dealkylation sites (tertiary alicyclic amines) is 1. The van der Waals surface area contributed by atoms with Gasteiger partial charge in [0.2, 0.25) is 0 Å². The first-order valence-corrected chi connectivity index (χ1v) is 7.18. The van der Waals surface area contributed by atoms with E-state index in [2.05, 4.69) is 28.2 Å². The highest BCUT2D eigenvalue weighted by Gasteiger charge is 2.39. The number of nitrogens with two attached hydrogens (primary N) is 1. The molecule has 0 aromatic carbocycles. The molecule has 2 atom stereocenters. The van der Waals surface area contributed by atoms with Gasteiger partial charge >= 0.3 is 0 Å². The summed E-state index contributed by atoms with van der Waals surface area (Å²) in [5.74, 6) is 0.601. The molecular weight excluding hydrogens is 222 g/mol. The van der Waals surface area contributed by atoms with Gasteiger partial charge in [-0.1, -0.05) is 6.07 Å². The Morgan fingerprint density at radius 2 is 2.17 bits per heavy atom. The Labute approximate surface area is 109 Å². The molecule has 98 valence electrons. The number of aromatic nitrogens is 1. The fourth-order valence-corrected chi connectivity index (χ4v) is 3.28. The Bertz CT molecular complexity index is 397. The lowest BCUT2D eigenvalue weighted by Crippen LogP contribution is -2.42. The van der Waals surface area contributed by atoms with Crippen molar-refractivity contribution < 1.29 is 0 Å². The molecule has 3 rings (SSSR count). The van der Waals surface area contributed by atoms with E-state index < -0.39 is 0 Å². The highest BCUT2D eigenvalue weighted by molar-refractivity contribution is 5.20. The molecule has 2 aliphatic rings. The van der Waals surface area contributed by atoms with Crippen molar-refractivity contribution in [2.45, 2.75) is 44.7 Å². The summed E-state index contributed by atoms with van der Waals surface area (Å²) >= 11 is 0. The minimum atomic E-state index is 0.504. The largest absolute Gasteiger partial charge is 0.330 e. The van der Waals surface area contributed by atoms with Gasteiger partial charge < -0.3 is 5.73 Å². The number of hydrogen-bond donors (Lipinski definition) is 1. The third-order valence-electron chi connectivity index (χ3n) is 4.39. The van der Waals surface area contributed by atoms with Gasteiger partial charge in [-0.3, -0.25) is 9.88 Å². The smallest absolute Gasteiger partial charge is 0.0406 e. The molecule has 1 saturated carbocycles. The van der Waals surface area contributed by atoms with E-state index >= 15 is 0 Å². The van der Waals surface area contributed by atoms with E-state index in [0.29, 0.717) is 12.0 Å². The second-order valence-corrected chi connectivity index (χ2v) is 5.78. The Kier molecular flexibility index (Phi) is 3.35. The number of hydrogen-bond acceptors (Lipinski definition) is 3. The summed E-state index contributed by atoms with van der Waals surface area (Å²) in [7, 11) is 0. The molecular formula is C15H23N3. The predicted molar refractivity (Wildman–Crippen MR) is 73.2 cm³/mol. The van der Waals surface area contributed by atoms with Crippen LogP contribution in [-0.4, -0.2) is 29.0 Å². The topological polar surface area (TPSA) is 42.1 Å². The number of piperidine rings is 1. The molecule has 0 spiro atoms. The van der Waals surface area contributed by atoms with Crippen LogP contribution in [0.3, 0.4) is 0 Å². The van der Waals surface area contributed by atoms with Crippen LogP contribution < -0.4 is 5.73 Å². The van der Waals surface area contributed by atoms with Crippen LogP contribution in [0.1, 0.15) is 43.0 Å². The highest BCUT2D eigenvalue weighted by atomic mass is 15.2. The Hall–Kier alpha value is -0.930. The molecule has 1 saturated heterocycles. The van der Waals surface area contributed by atoms with Crippen molar-refractivity contribution in [1.29, 1.82) is 0 Å². The van der Waals surface area contributed by atoms with E-state index in [1.807, 2.05) is 6.92 Å². The predicted octanol–water partition coefficient (Wildman–Crippen LogP) is 2.26. The minimum absolute atomic E-state index is 0.504. The Morgan fingerprint density at radius 1 is 1.33 bits per heavy atom. The Morgan fingerprint density at radius 3 is 2.78 bits per heavy atom. The number of rotatable bonds is 3. The number of nitrogens with zero attached hydrogens (tertiary/aromatic N) is 2. The number of aryl methyl sites for hydroxylation is 1. The number of pyridine rings is 1. The van der Waals surface area contributed by atoms with Gasteiger partial charge in [0.15, 0.2) is 0 Å². The third-order valence-corrected chi connectivity index (χ3v) is 4.39. The maximum atomic E-state index is 6.00. The molecule has 2 heterocycles. The van der Waals surface area contributed by atoms with E-state index in [0.717, 1.165) is 18.3 Å². The molecule has 1 aliphatic carbocycles. The van der Waals surface area contributed by atoms with Crippen LogP contribution in [0.4, 0.5) is 0 Å². The summed E-state index contributed by atoms with van der Waals surface area (Å²) in [5.41, 5.74) is 8.45. The lowest BCUT2D eigenvalue weighted by atomic mass is 9.85. The van der Waals surface area contributed by atoms with Gasteiger partial charge in [0, 0.05) is 24.0 Å². The zero-order valence-electron chi connectivity index (χ0n) is 11.2. The molecule has 0 radical (unpaired) electrons. The lowest BCUT2D eigenvalue weighted by Gasteiger charge is -2.41. The van der Waals surface area contributed by atoms with Crippen molar-refractivity contribution in [2.24, 2.45) is 11.7 Å². The zero-order chi connectivity index (χ0) is 12.5. The Balaban J connectivity index is 1.89. The second-order valence-electron chi connectivity index (χ2n) is 5.78. The fraction of sp³-hybridized carbons (Fsp3) is 0.667. The monoisotopic (exact) mass is 245 g/mol. The van der Waals surface area contributed by atoms with Crippen LogP contribution in [0, 0.1) is 12.8 Å². The van der Waals surface area contributed by atoms with E-state index in [-0.39, 0.29) is 0 Å². The fourth-order valence-electron chi connectivity index (χ4n) is 3.28. The van der Waals surface area contributed by atoms with Crippen molar-refractivity contribution in [3.05, 3.63) is 29.6 Å². The standard InChI is InChI=1S/C15H23N3/c1-11-4-5-13(10-17-11)15-12(9-16)3-2-8-18(15)14-6-7-14/h4-5,10,12,14-15H,2-3,6-9,16H2,1H3. The summed E-state index contributed by atoms with van der Waals surface area (Å²) < 4.78 is 0. The molecule has 2 N–H and O–H groups in total. The summed E-state index contributed by atoms with van der Waals surface area (Å²) in [6, 6.07) is 5.69. The zero-order valence-corrected chi connectivity index (χ0v) is 11.2. The molecule has 0 bridgehead atoms. The van der Waals surface area contributed by atoms with Gasteiger partial charge in [-0.05, 0) is 63.2 Å². The molecule has 2 unspecified atom stereocenters. The van der Waals surface area contributed by atoms with Crippen LogP contribution in [-0.2, 0) is 0 Å². The molecule has 1 aliphatic heterocycles. The van der Waals surface area contributed by atoms with Crippen molar-refractivity contribution in [3.8, 4) is 0 Å². The van der Waals surface area contributed by atoms with Gasteiger partial charge in [-0.15, -0.1) is 0 Å². The third kappa shape index (κ3) is 2.29. The quantitative estimate of drug-likeness (QED) is 0.888. The summed E-state index contributed by atoms with van der Waals surface area (Å²) in [6.07, 6.45) is 7.36. The first kappa shape index (κ1) is 12.1. The summed E-state index contributed by atoms with van der Waals surface area (Å²) in [5, 5.41) is 0. The van der Waals surface area contributed by atoms with E-state index in [9.17, 15) is 0 Å². The van der Waals surface area contributed by atoms with Crippen molar-refractivity contribution in [3.63, 3.8) is 0 Å². The van der Waals surface area contributed by atoms with Gasteiger partial charge in [0.1, 0.15) is 0 Å². The average Bonchev–Trinajstić information content (AvgIpc) is 3.23. The summed E-state index contributed by atoms with van der Waals surface area (Å²) in [4.78, 5) is 7.16. The van der Waals surface area contributed by atoms with Crippen LogP contribution in [0.15, 0.2) is 18.3 Å². The maximum Gasteiger partial charge on any atom is 0.0406 e. The molecule has 18 heavy (non-hydrogen) atoms. The van der Waals surface area contributed by atoms with Crippen molar-refractivity contribution in [2.75, 3.05) is 13.1 Å². The lowest BCUT2D eigenvalue weighted by molar-refractivity contribution is 0.0877. The molecule has 3 heteroatoms. The minimum Gasteiger partial charge on any atom is -0.330 e. The second kappa shape index (κ2) is 4.98. The van der Waals surface area contributed by atoms with Crippen LogP contribution in [0.5, 0.6) is 0 Å². The van der Waals surface area contributed by atoms with Gasteiger partial charge in [0.25, 0.3) is 0 Å². The van der Waals surface area contributed by atoms with Crippen molar-refractivity contribution in [1.82, 2.24) is 9.88 Å². The molecule has 1 aromatic rings. The molecule has 1 aromatic heterocycles. The van der Waals surface area contributed by atoms with Crippen LogP contribution in [0.2, 0.25) is 0 Å². The normalized spacial score (nSPS) is 29.4. The maximum absolute atomic E-state index is 6.00. The van der Waals surface area contributed by atoms with Crippen LogP contribution in [0.25, 0.3) is 0 Å². The van der Waals surface area contributed by atoms with Gasteiger partial charge in [0.05, 0.1) is 0 Å². The molecule has 0 amide bonds. The molecule has 3 nitrogen and oxygen atoms in total. The highest BCUT2D eigenvalue weighted by Crippen LogP contribution is 2.42. The van der Waals surface area contributed by atoms with E-state index in [4.69, 9.17) is 5.73 Å². The van der Waals surface area contributed by atoms with Gasteiger partial charge in [-0.25, -0.2) is 0 Å². The summed E-state index contributed by atoms with van der Waals surface area (Å²) in [6.45, 7) is 4.07. The first-order valence-electron chi connectivity index (χ1n) is 7.18. The van der Waals surface area contributed by atoms with E-state index in [1.165, 1.54) is 37.8 Å². The SMILES string of the molecule is Cc1ccc(C2C(CN)CCCN2C2CC2)cn1. The average molecular weight is 245 g/mol. The van der Waals surface area contributed by atoms with Gasteiger partial charge in [-0.2, -0.15) is 0 Å². The first-order chi connectivity index (χ1) is 8.79. The molecule has 2 fully saturated rings. The van der Waals surface area contributed by atoms with Crippen LogP contribution >= 0.6 is 0 Å². The van der Waals surface area contributed by atoms with E-state index in [1.54, 1.807) is 0 Å².